The van der Waals surface area contributed by atoms with Crippen LogP contribution in [-0.4, -0.2) is 48.7 Å². The van der Waals surface area contributed by atoms with Crippen LogP contribution in [0.2, 0.25) is 0 Å². The van der Waals surface area contributed by atoms with Crippen LogP contribution in [-0.2, 0) is 0 Å². The minimum absolute atomic E-state index is 0.0698. The Morgan fingerprint density at radius 1 is 1.26 bits per heavy atom. The van der Waals surface area contributed by atoms with Crippen LogP contribution in [0.4, 0.5) is 5.69 Å². The fraction of sp³-hybridized carbons (Fsp3) is 0.412. The summed E-state index contributed by atoms with van der Waals surface area (Å²) >= 11 is 0. The molecule has 1 aliphatic rings. The highest BCUT2D eigenvalue weighted by molar-refractivity contribution is 5.92. The van der Waals surface area contributed by atoms with Crippen molar-refractivity contribution in [3.63, 3.8) is 0 Å². The first-order valence-electron chi connectivity index (χ1n) is 7.88. The van der Waals surface area contributed by atoms with Crippen LogP contribution >= 0.6 is 0 Å². The van der Waals surface area contributed by atoms with Gasteiger partial charge in [-0.05, 0) is 26.0 Å². The lowest BCUT2D eigenvalue weighted by Gasteiger charge is -2.36. The van der Waals surface area contributed by atoms with E-state index in [1.807, 2.05) is 30.0 Å². The number of aromatic nitrogens is 1. The van der Waals surface area contributed by atoms with Gasteiger partial charge >= 0.3 is 0 Å². The van der Waals surface area contributed by atoms with Gasteiger partial charge in [-0.1, -0.05) is 17.3 Å². The van der Waals surface area contributed by atoms with Crippen molar-refractivity contribution in [2.75, 3.05) is 37.7 Å². The van der Waals surface area contributed by atoms with Gasteiger partial charge in [0.05, 0.1) is 12.3 Å². The van der Waals surface area contributed by atoms with E-state index in [1.54, 1.807) is 13.0 Å². The lowest BCUT2D eigenvalue weighted by atomic mass is 10.2. The molecule has 1 aliphatic heterocycles. The molecule has 0 bridgehead atoms. The highest BCUT2D eigenvalue weighted by Crippen LogP contribution is 2.28. The molecule has 23 heavy (non-hydrogen) atoms. The van der Waals surface area contributed by atoms with E-state index in [0.29, 0.717) is 31.2 Å². The molecule has 0 unspecified atom stereocenters. The van der Waals surface area contributed by atoms with Crippen molar-refractivity contribution >= 4 is 11.6 Å². The molecule has 6 nitrogen and oxygen atoms in total. The zero-order valence-corrected chi connectivity index (χ0v) is 13.5. The number of amides is 1. The highest BCUT2D eigenvalue weighted by atomic mass is 16.5. The largest absolute Gasteiger partial charge is 0.492 e. The number of para-hydroxylation sites is 2. The zero-order chi connectivity index (χ0) is 16.2. The van der Waals surface area contributed by atoms with Gasteiger partial charge in [-0.25, -0.2) is 0 Å². The molecule has 1 fully saturated rings. The average molecular weight is 315 g/mol. The SMILES string of the molecule is CCOc1ccccc1N1CCN(C(=O)c2cc(C)on2)CC1. The molecule has 1 saturated heterocycles. The van der Waals surface area contributed by atoms with Gasteiger partial charge in [0.25, 0.3) is 5.91 Å². The number of nitrogens with zero attached hydrogens (tertiary/aromatic N) is 3. The Balaban J connectivity index is 1.66. The highest BCUT2D eigenvalue weighted by Gasteiger charge is 2.25. The van der Waals surface area contributed by atoms with Gasteiger partial charge in [0.2, 0.25) is 0 Å². The third-order valence-corrected chi connectivity index (χ3v) is 3.92. The summed E-state index contributed by atoms with van der Waals surface area (Å²) in [6.45, 7) is 7.26. The van der Waals surface area contributed by atoms with Crippen LogP contribution in [0.15, 0.2) is 34.9 Å². The lowest BCUT2D eigenvalue weighted by molar-refractivity contribution is 0.0736. The van der Waals surface area contributed by atoms with E-state index in [9.17, 15) is 4.79 Å². The predicted molar refractivity (Wildman–Crippen MR) is 87.0 cm³/mol. The van der Waals surface area contributed by atoms with Crippen LogP contribution in [0.1, 0.15) is 23.2 Å². The summed E-state index contributed by atoms with van der Waals surface area (Å²) in [6.07, 6.45) is 0. The zero-order valence-electron chi connectivity index (χ0n) is 13.5. The topological polar surface area (TPSA) is 58.8 Å². The van der Waals surface area contributed by atoms with Crippen molar-refractivity contribution in [1.82, 2.24) is 10.1 Å². The van der Waals surface area contributed by atoms with Gasteiger partial charge in [-0.2, -0.15) is 0 Å². The van der Waals surface area contributed by atoms with Crippen molar-refractivity contribution in [1.29, 1.82) is 0 Å². The number of benzene rings is 1. The van der Waals surface area contributed by atoms with Gasteiger partial charge in [-0.3, -0.25) is 4.79 Å². The molecule has 0 N–H and O–H groups in total. The second-order valence-corrected chi connectivity index (χ2v) is 5.50. The third kappa shape index (κ3) is 3.31. The van der Waals surface area contributed by atoms with Gasteiger partial charge in [0, 0.05) is 32.2 Å². The summed E-state index contributed by atoms with van der Waals surface area (Å²) in [7, 11) is 0. The number of piperazine rings is 1. The maximum atomic E-state index is 12.4. The molecule has 1 aromatic heterocycles. The summed E-state index contributed by atoms with van der Waals surface area (Å²) in [5.41, 5.74) is 1.46. The molecular formula is C17H21N3O3. The Kier molecular flexibility index (Phi) is 4.50. The van der Waals surface area contributed by atoms with Crippen LogP contribution in [0.25, 0.3) is 0 Å². The number of rotatable bonds is 4. The van der Waals surface area contributed by atoms with E-state index in [1.165, 1.54) is 0 Å². The Morgan fingerprint density at radius 2 is 2.00 bits per heavy atom. The first kappa shape index (κ1) is 15.4. The first-order valence-corrected chi connectivity index (χ1v) is 7.88. The fourth-order valence-corrected chi connectivity index (χ4v) is 2.78. The normalized spacial score (nSPS) is 14.9. The van der Waals surface area contributed by atoms with Crippen molar-refractivity contribution in [3.8, 4) is 5.75 Å². The molecule has 0 spiro atoms. The number of aryl methyl sites for hydroxylation is 1. The maximum Gasteiger partial charge on any atom is 0.276 e. The summed E-state index contributed by atoms with van der Waals surface area (Å²) in [6, 6.07) is 9.70. The average Bonchev–Trinajstić information content (AvgIpc) is 3.02. The Labute approximate surface area is 135 Å². The minimum atomic E-state index is -0.0698. The van der Waals surface area contributed by atoms with E-state index < -0.39 is 0 Å². The first-order chi connectivity index (χ1) is 11.2. The molecule has 1 aromatic carbocycles. The van der Waals surface area contributed by atoms with E-state index in [0.717, 1.165) is 24.5 Å². The summed E-state index contributed by atoms with van der Waals surface area (Å²) in [5.74, 6) is 1.47. The molecule has 0 saturated carbocycles. The predicted octanol–water partition coefficient (Wildman–Crippen LogP) is 2.34. The second kappa shape index (κ2) is 6.73. The van der Waals surface area contributed by atoms with Gasteiger partial charge in [-0.15, -0.1) is 0 Å². The van der Waals surface area contributed by atoms with Crippen LogP contribution in [0.3, 0.4) is 0 Å². The third-order valence-electron chi connectivity index (χ3n) is 3.92. The van der Waals surface area contributed by atoms with Crippen molar-refractivity contribution < 1.29 is 14.1 Å². The number of anilines is 1. The molecule has 0 atom stereocenters. The Bertz CT molecular complexity index is 675. The van der Waals surface area contributed by atoms with E-state index in [4.69, 9.17) is 9.26 Å². The van der Waals surface area contributed by atoms with Crippen LogP contribution in [0, 0.1) is 6.92 Å². The van der Waals surface area contributed by atoms with E-state index in [-0.39, 0.29) is 5.91 Å². The maximum absolute atomic E-state index is 12.4. The molecule has 0 aliphatic carbocycles. The summed E-state index contributed by atoms with van der Waals surface area (Å²) < 4.78 is 10.7. The molecule has 3 rings (SSSR count). The van der Waals surface area contributed by atoms with Gasteiger partial charge < -0.3 is 19.1 Å². The monoisotopic (exact) mass is 315 g/mol. The summed E-state index contributed by atoms with van der Waals surface area (Å²) in [5, 5.41) is 3.81. The molecule has 6 heteroatoms. The molecule has 122 valence electrons. The number of ether oxygens (including phenoxy) is 1. The van der Waals surface area contributed by atoms with Crippen LogP contribution in [0.5, 0.6) is 5.75 Å². The number of carbonyl (C=O) groups excluding carboxylic acids is 1. The summed E-state index contributed by atoms with van der Waals surface area (Å²) in [4.78, 5) is 16.5. The van der Waals surface area contributed by atoms with E-state index >= 15 is 0 Å². The molecular weight excluding hydrogens is 294 g/mol. The minimum Gasteiger partial charge on any atom is -0.492 e. The molecule has 1 amide bonds. The Hall–Kier alpha value is -2.50. The molecule has 2 heterocycles. The smallest absolute Gasteiger partial charge is 0.276 e. The number of hydrogen-bond donors (Lipinski definition) is 0. The molecule has 0 radical (unpaired) electrons. The van der Waals surface area contributed by atoms with Crippen molar-refractivity contribution in [2.45, 2.75) is 13.8 Å². The number of hydrogen-bond acceptors (Lipinski definition) is 5. The quantitative estimate of drug-likeness (QED) is 0.867. The Morgan fingerprint density at radius 3 is 2.65 bits per heavy atom. The van der Waals surface area contributed by atoms with E-state index in [2.05, 4.69) is 16.1 Å². The van der Waals surface area contributed by atoms with Gasteiger partial charge in [0.1, 0.15) is 11.5 Å². The second-order valence-electron chi connectivity index (χ2n) is 5.50. The fourth-order valence-electron chi connectivity index (χ4n) is 2.78. The van der Waals surface area contributed by atoms with Gasteiger partial charge in [0.15, 0.2) is 5.69 Å². The van der Waals surface area contributed by atoms with Crippen molar-refractivity contribution in [3.05, 3.63) is 41.8 Å². The number of carbonyl (C=O) groups is 1. The van der Waals surface area contributed by atoms with Crippen LogP contribution < -0.4 is 9.64 Å². The lowest BCUT2D eigenvalue weighted by Crippen LogP contribution is -2.49. The molecule has 2 aromatic rings. The standard InChI is InChI=1S/C17H21N3O3/c1-3-22-16-7-5-4-6-15(16)19-8-10-20(11-9-19)17(21)14-12-13(2)23-18-14/h4-7,12H,3,8-11H2,1-2H3. The van der Waals surface area contributed by atoms with Crippen molar-refractivity contribution in [2.24, 2.45) is 0 Å².